The summed E-state index contributed by atoms with van der Waals surface area (Å²) in [5.41, 5.74) is 2.20. The molecule has 0 aromatic carbocycles. The lowest BCUT2D eigenvalue weighted by Crippen LogP contribution is -2.15. The van der Waals surface area contributed by atoms with E-state index in [-0.39, 0.29) is 6.04 Å². The van der Waals surface area contributed by atoms with Gasteiger partial charge in [-0.3, -0.25) is 4.98 Å². The molecule has 2 heterocycles. The van der Waals surface area contributed by atoms with E-state index >= 15 is 0 Å². The van der Waals surface area contributed by atoms with Crippen LogP contribution < -0.4 is 5.32 Å². The molecule has 0 radical (unpaired) electrons. The average molecular weight is 202 g/mol. The standard InChI is InChI=1S/C11H14N4/c1-3-4-10(12-2)9-7-14-15-6-5-13-8-11(9)15/h3,5-8,10,12H,1,4H2,2H3. The van der Waals surface area contributed by atoms with E-state index in [0.29, 0.717) is 0 Å². The molecule has 0 aliphatic carbocycles. The first-order valence-corrected chi connectivity index (χ1v) is 4.92. The van der Waals surface area contributed by atoms with Crippen LogP contribution in [0.2, 0.25) is 0 Å². The van der Waals surface area contributed by atoms with Gasteiger partial charge in [-0.15, -0.1) is 6.58 Å². The fourth-order valence-corrected chi connectivity index (χ4v) is 1.69. The van der Waals surface area contributed by atoms with Crippen LogP contribution in [0.5, 0.6) is 0 Å². The predicted molar refractivity (Wildman–Crippen MR) is 59.6 cm³/mol. The largest absolute Gasteiger partial charge is 0.313 e. The third-order valence-corrected chi connectivity index (χ3v) is 2.48. The third-order valence-electron chi connectivity index (χ3n) is 2.48. The van der Waals surface area contributed by atoms with E-state index in [1.165, 1.54) is 0 Å². The number of nitrogens with one attached hydrogen (secondary N) is 1. The summed E-state index contributed by atoms with van der Waals surface area (Å²) in [6.07, 6.45) is 10.1. The van der Waals surface area contributed by atoms with Gasteiger partial charge in [-0.2, -0.15) is 5.10 Å². The molecular weight excluding hydrogens is 188 g/mol. The Morgan fingerprint density at radius 3 is 3.20 bits per heavy atom. The van der Waals surface area contributed by atoms with Crippen LogP contribution in [-0.2, 0) is 0 Å². The molecule has 78 valence electrons. The molecule has 1 unspecified atom stereocenters. The zero-order chi connectivity index (χ0) is 10.7. The Hall–Kier alpha value is -1.68. The van der Waals surface area contributed by atoms with Gasteiger partial charge in [0.1, 0.15) is 0 Å². The second-order valence-corrected chi connectivity index (χ2v) is 3.37. The van der Waals surface area contributed by atoms with Crippen LogP contribution >= 0.6 is 0 Å². The zero-order valence-electron chi connectivity index (χ0n) is 8.72. The van der Waals surface area contributed by atoms with Crippen molar-refractivity contribution in [2.75, 3.05) is 7.05 Å². The molecule has 0 saturated heterocycles. The number of hydrogen-bond acceptors (Lipinski definition) is 3. The minimum absolute atomic E-state index is 0.254. The van der Waals surface area contributed by atoms with Crippen LogP contribution in [0.4, 0.5) is 0 Å². The molecule has 0 spiro atoms. The maximum Gasteiger partial charge on any atom is 0.0892 e. The Labute approximate surface area is 88.6 Å². The second-order valence-electron chi connectivity index (χ2n) is 3.37. The normalized spacial score (nSPS) is 12.9. The smallest absolute Gasteiger partial charge is 0.0892 e. The topological polar surface area (TPSA) is 42.2 Å². The summed E-state index contributed by atoms with van der Waals surface area (Å²) in [4.78, 5) is 4.11. The summed E-state index contributed by atoms with van der Waals surface area (Å²) in [5.74, 6) is 0. The number of aromatic nitrogens is 3. The van der Waals surface area contributed by atoms with Crippen molar-refractivity contribution in [1.82, 2.24) is 19.9 Å². The van der Waals surface area contributed by atoms with Gasteiger partial charge >= 0.3 is 0 Å². The first kappa shape index (κ1) is 9.86. The Morgan fingerprint density at radius 1 is 1.60 bits per heavy atom. The van der Waals surface area contributed by atoms with Gasteiger partial charge in [0.05, 0.1) is 17.9 Å². The monoisotopic (exact) mass is 202 g/mol. The number of hydrogen-bond donors (Lipinski definition) is 1. The van der Waals surface area contributed by atoms with Gasteiger partial charge in [0, 0.05) is 24.0 Å². The molecule has 2 rings (SSSR count). The van der Waals surface area contributed by atoms with Crippen LogP contribution in [0.15, 0.2) is 37.4 Å². The molecule has 0 aliphatic rings. The van der Waals surface area contributed by atoms with Crippen molar-refractivity contribution in [3.05, 3.63) is 43.0 Å². The third kappa shape index (κ3) is 1.76. The van der Waals surface area contributed by atoms with Crippen molar-refractivity contribution >= 4 is 5.52 Å². The molecule has 15 heavy (non-hydrogen) atoms. The van der Waals surface area contributed by atoms with Gasteiger partial charge in [0.2, 0.25) is 0 Å². The lowest BCUT2D eigenvalue weighted by Gasteiger charge is -2.12. The van der Waals surface area contributed by atoms with Crippen LogP contribution in [-0.4, -0.2) is 21.6 Å². The lowest BCUT2D eigenvalue weighted by molar-refractivity contribution is 0.608. The summed E-state index contributed by atoms with van der Waals surface area (Å²) in [6, 6.07) is 0.254. The lowest BCUT2D eigenvalue weighted by atomic mass is 10.1. The molecule has 0 saturated carbocycles. The van der Waals surface area contributed by atoms with E-state index in [1.54, 1.807) is 6.20 Å². The SMILES string of the molecule is C=CCC(NC)c1cnn2ccncc12. The first-order valence-electron chi connectivity index (χ1n) is 4.92. The number of nitrogens with zero attached hydrogens (tertiary/aromatic N) is 3. The Morgan fingerprint density at radius 2 is 2.47 bits per heavy atom. The summed E-state index contributed by atoms with van der Waals surface area (Å²) in [7, 11) is 1.94. The van der Waals surface area contributed by atoms with Crippen molar-refractivity contribution in [3.63, 3.8) is 0 Å². The maximum absolute atomic E-state index is 4.27. The van der Waals surface area contributed by atoms with Crippen molar-refractivity contribution in [2.24, 2.45) is 0 Å². The van der Waals surface area contributed by atoms with Gasteiger partial charge in [0.25, 0.3) is 0 Å². The highest BCUT2D eigenvalue weighted by atomic mass is 15.2. The van der Waals surface area contributed by atoms with E-state index in [0.717, 1.165) is 17.5 Å². The van der Waals surface area contributed by atoms with E-state index in [2.05, 4.69) is 22.0 Å². The van der Waals surface area contributed by atoms with Crippen molar-refractivity contribution < 1.29 is 0 Å². The van der Waals surface area contributed by atoms with Crippen LogP contribution in [0.1, 0.15) is 18.0 Å². The first-order chi connectivity index (χ1) is 7.36. The van der Waals surface area contributed by atoms with Gasteiger partial charge in [-0.05, 0) is 13.5 Å². The fraction of sp³-hybridized carbons (Fsp3) is 0.273. The Bertz CT molecular complexity index is 460. The molecule has 2 aromatic heterocycles. The Kier molecular flexibility index (Phi) is 2.78. The van der Waals surface area contributed by atoms with E-state index in [4.69, 9.17) is 0 Å². The molecule has 4 nitrogen and oxygen atoms in total. The van der Waals surface area contributed by atoms with Gasteiger partial charge in [-0.1, -0.05) is 6.08 Å². The molecule has 0 amide bonds. The van der Waals surface area contributed by atoms with Gasteiger partial charge in [-0.25, -0.2) is 4.52 Å². The fourth-order valence-electron chi connectivity index (χ4n) is 1.69. The molecule has 1 N–H and O–H groups in total. The molecule has 0 bridgehead atoms. The molecule has 1 atom stereocenters. The highest BCUT2D eigenvalue weighted by Gasteiger charge is 2.12. The average Bonchev–Trinajstić information content (AvgIpc) is 2.70. The van der Waals surface area contributed by atoms with Crippen molar-refractivity contribution in [2.45, 2.75) is 12.5 Å². The molecule has 2 aromatic rings. The van der Waals surface area contributed by atoms with Gasteiger partial charge < -0.3 is 5.32 Å². The highest BCUT2D eigenvalue weighted by molar-refractivity contribution is 5.53. The second kappa shape index (κ2) is 4.23. The number of rotatable bonds is 4. The van der Waals surface area contributed by atoms with Crippen molar-refractivity contribution in [1.29, 1.82) is 0 Å². The predicted octanol–water partition coefficient (Wildman–Crippen LogP) is 1.57. The van der Waals surface area contributed by atoms with Crippen LogP contribution in [0.25, 0.3) is 5.52 Å². The van der Waals surface area contributed by atoms with E-state index in [1.807, 2.05) is 36.2 Å². The molecule has 0 fully saturated rings. The highest BCUT2D eigenvalue weighted by Crippen LogP contribution is 2.20. The van der Waals surface area contributed by atoms with Crippen LogP contribution in [0.3, 0.4) is 0 Å². The van der Waals surface area contributed by atoms with E-state index in [9.17, 15) is 0 Å². The van der Waals surface area contributed by atoms with Gasteiger partial charge in [0.15, 0.2) is 0 Å². The summed E-state index contributed by atoms with van der Waals surface area (Å²) in [6.45, 7) is 3.76. The maximum atomic E-state index is 4.27. The summed E-state index contributed by atoms with van der Waals surface area (Å²) in [5, 5.41) is 7.52. The van der Waals surface area contributed by atoms with Crippen LogP contribution in [0, 0.1) is 0 Å². The van der Waals surface area contributed by atoms with Crippen molar-refractivity contribution in [3.8, 4) is 0 Å². The summed E-state index contributed by atoms with van der Waals surface area (Å²) >= 11 is 0. The minimum Gasteiger partial charge on any atom is -0.313 e. The summed E-state index contributed by atoms with van der Waals surface area (Å²) < 4.78 is 1.83. The number of fused-ring (bicyclic) bond motifs is 1. The zero-order valence-corrected chi connectivity index (χ0v) is 8.72. The Balaban J connectivity index is 2.45. The quantitative estimate of drug-likeness (QED) is 0.765. The minimum atomic E-state index is 0.254. The molecule has 0 aliphatic heterocycles. The van der Waals surface area contributed by atoms with E-state index < -0.39 is 0 Å². The molecule has 4 heteroatoms. The molecular formula is C11H14N4.